The van der Waals surface area contributed by atoms with Crippen molar-refractivity contribution in [3.8, 4) is 11.1 Å². The van der Waals surface area contributed by atoms with E-state index in [4.69, 9.17) is 0 Å². The van der Waals surface area contributed by atoms with E-state index in [1.807, 2.05) is 30.3 Å². The van der Waals surface area contributed by atoms with Crippen LogP contribution in [0, 0.1) is 0 Å². The molecule has 2 aromatic rings. The van der Waals surface area contributed by atoms with E-state index in [1.54, 1.807) is 6.20 Å². The van der Waals surface area contributed by atoms with E-state index in [0.717, 1.165) is 16.6 Å². The van der Waals surface area contributed by atoms with Gasteiger partial charge >= 0.3 is 0 Å². The van der Waals surface area contributed by atoms with Gasteiger partial charge in [0, 0.05) is 5.56 Å². The molecule has 1 aromatic carbocycles. The molecule has 0 N–H and O–H groups in total. The molecule has 4 heteroatoms. The number of hydrogen-bond acceptors (Lipinski definition) is 3. The van der Waals surface area contributed by atoms with Crippen LogP contribution in [0.2, 0.25) is 0 Å². The minimum absolute atomic E-state index is 0.821. The summed E-state index contributed by atoms with van der Waals surface area (Å²) in [5.41, 5.74) is 2.93. The van der Waals surface area contributed by atoms with Gasteiger partial charge in [-0.2, -0.15) is 0 Å². The van der Waals surface area contributed by atoms with Crippen molar-refractivity contribution in [2.24, 2.45) is 0 Å². The molecule has 0 fully saturated rings. The fourth-order valence-electron chi connectivity index (χ4n) is 1.12. The molecule has 1 unspecified atom stereocenters. The Hall–Kier alpha value is -1.34. The van der Waals surface area contributed by atoms with E-state index < -0.39 is 0 Å². The quantitative estimate of drug-likeness (QED) is 0.629. The van der Waals surface area contributed by atoms with Crippen molar-refractivity contribution in [3.05, 3.63) is 36.5 Å². The Bertz CT molecular complexity index is 403. The molecule has 2 rings (SSSR count). The molecule has 0 radical (unpaired) electrons. The zero-order valence-corrected chi connectivity index (χ0v) is 8.04. The Morgan fingerprint density at radius 3 is 2.54 bits per heavy atom. The molecule has 3 nitrogen and oxygen atoms in total. The molecule has 0 aliphatic carbocycles. The number of benzene rings is 1. The van der Waals surface area contributed by atoms with Crippen LogP contribution in [0.25, 0.3) is 11.1 Å². The van der Waals surface area contributed by atoms with Gasteiger partial charge in [-0.05, 0) is 10.8 Å². The first-order chi connectivity index (χ1) is 6.38. The third-order valence-electron chi connectivity index (χ3n) is 1.75. The van der Waals surface area contributed by atoms with Crippen molar-refractivity contribution in [1.82, 2.24) is 15.4 Å². The topological polar surface area (TPSA) is 38.7 Å². The van der Waals surface area contributed by atoms with E-state index >= 15 is 0 Å². The molecule has 0 bridgehead atoms. The Balaban J connectivity index is 2.54. The van der Waals surface area contributed by atoms with Crippen LogP contribution in [0.4, 0.5) is 0 Å². The summed E-state index contributed by atoms with van der Waals surface area (Å²) in [5.74, 6) is 0. The van der Waals surface area contributed by atoms with Crippen LogP contribution < -0.4 is 5.44 Å². The number of nitrogens with zero attached hydrogens (tertiary/aromatic N) is 3. The lowest BCUT2D eigenvalue weighted by molar-refractivity contribution is 0.885. The standard InChI is InChI=1S/C9H8N3P/c13-9-8(6-10-12-11-9)7-4-2-1-3-5-7/h1-6H,13H2. The largest absolute Gasteiger partial charge is 0.138 e. The Kier molecular flexibility index (Phi) is 2.28. The lowest BCUT2D eigenvalue weighted by Gasteiger charge is -2.01. The van der Waals surface area contributed by atoms with E-state index in [-0.39, 0.29) is 0 Å². The molecule has 0 saturated carbocycles. The minimum atomic E-state index is 0.821. The summed E-state index contributed by atoms with van der Waals surface area (Å²) < 4.78 is 0. The average molecular weight is 189 g/mol. The molecular formula is C9H8N3P. The second-order valence-corrected chi connectivity index (χ2v) is 3.15. The van der Waals surface area contributed by atoms with Crippen LogP contribution >= 0.6 is 9.24 Å². The number of aromatic nitrogens is 3. The van der Waals surface area contributed by atoms with Gasteiger partial charge in [-0.1, -0.05) is 39.6 Å². The predicted octanol–water partition coefficient (Wildman–Crippen LogP) is 1.04. The summed E-state index contributed by atoms with van der Waals surface area (Å²) in [5, 5.41) is 11.2. The zero-order chi connectivity index (χ0) is 9.10. The highest BCUT2D eigenvalue weighted by Gasteiger charge is 2.01. The van der Waals surface area contributed by atoms with Crippen molar-refractivity contribution in [3.63, 3.8) is 0 Å². The van der Waals surface area contributed by atoms with Gasteiger partial charge in [0.1, 0.15) is 0 Å². The van der Waals surface area contributed by atoms with Crippen LogP contribution in [-0.2, 0) is 0 Å². The first-order valence-corrected chi connectivity index (χ1v) is 4.45. The zero-order valence-electron chi connectivity index (χ0n) is 6.88. The van der Waals surface area contributed by atoms with Crippen LogP contribution in [0.15, 0.2) is 36.5 Å². The summed E-state index contributed by atoms with van der Waals surface area (Å²) in [6.07, 6.45) is 1.71. The molecule has 1 aromatic heterocycles. The van der Waals surface area contributed by atoms with Gasteiger partial charge in [0.05, 0.1) is 11.6 Å². The van der Waals surface area contributed by atoms with Crippen molar-refractivity contribution < 1.29 is 0 Å². The summed E-state index contributed by atoms with van der Waals surface area (Å²) in [6.45, 7) is 0. The third kappa shape index (κ3) is 1.70. The molecule has 0 saturated heterocycles. The monoisotopic (exact) mass is 189 g/mol. The second-order valence-electron chi connectivity index (χ2n) is 2.60. The fourth-order valence-corrected chi connectivity index (χ4v) is 1.41. The van der Waals surface area contributed by atoms with Crippen LogP contribution in [0.1, 0.15) is 0 Å². The summed E-state index contributed by atoms with van der Waals surface area (Å²) in [4.78, 5) is 0. The highest BCUT2D eigenvalue weighted by molar-refractivity contribution is 7.27. The van der Waals surface area contributed by atoms with E-state index in [9.17, 15) is 0 Å². The molecule has 0 aliphatic rings. The fraction of sp³-hybridized carbons (Fsp3) is 0. The van der Waals surface area contributed by atoms with Crippen molar-refractivity contribution in [1.29, 1.82) is 0 Å². The SMILES string of the molecule is Pc1nnncc1-c1ccccc1. The Morgan fingerprint density at radius 2 is 1.85 bits per heavy atom. The Labute approximate surface area is 78.4 Å². The molecule has 0 aliphatic heterocycles. The third-order valence-corrected chi connectivity index (χ3v) is 2.18. The van der Waals surface area contributed by atoms with Crippen molar-refractivity contribution in [2.75, 3.05) is 0 Å². The normalized spacial score (nSPS) is 9.92. The van der Waals surface area contributed by atoms with Gasteiger partial charge in [0.15, 0.2) is 0 Å². The van der Waals surface area contributed by atoms with E-state index in [0.29, 0.717) is 0 Å². The van der Waals surface area contributed by atoms with Crippen LogP contribution in [0.3, 0.4) is 0 Å². The summed E-state index contributed by atoms with van der Waals surface area (Å²) in [7, 11) is 2.55. The smallest absolute Gasteiger partial charge is 0.0906 e. The predicted molar refractivity (Wildman–Crippen MR) is 54.6 cm³/mol. The number of rotatable bonds is 1. The maximum absolute atomic E-state index is 3.86. The Morgan fingerprint density at radius 1 is 1.08 bits per heavy atom. The van der Waals surface area contributed by atoms with Gasteiger partial charge in [0.25, 0.3) is 0 Å². The molecule has 13 heavy (non-hydrogen) atoms. The highest BCUT2D eigenvalue weighted by atomic mass is 31.0. The van der Waals surface area contributed by atoms with Crippen LogP contribution in [-0.4, -0.2) is 15.4 Å². The van der Waals surface area contributed by atoms with E-state index in [1.165, 1.54) is 0 Å². The second kappa shape index (κ2) is 3.58. The molecule has 0 spiro atoms. The molecule has 0 amide bonds. The van der Waals surface area contributed by atoms with Gasteiger partial charge in [-0.25, -0.2) is 0 Å². The lowest BCUT2D eigenvalue weighted by Crippen LogP contribution is -2.05. The number of hydrogen-bond donors (Lipinski definition) is 0. The first-order valence-electron chi connectivity index (χ1n) is 3.87. The maximum Gasteiger partial charge on any atom is 0.0906 e. The van der Waals surface area contributed by atoms with Gasteiger partial charge < -0.3 is 0 Å². The van der Waals surface area contributed by atoms with Crippen molar-refractivity contribution >= 4 is 14.7 Å². The van der Waals surface area contributed by atoms with E-state index in [2.05, 4.69) is 24.7 Å². The maximum atomic E-state index is 3.86. The van der Waals surface area contributed by atoms with Gasteiger partial charge in [0.2, 0.25) is 0 Å². The summed E-state index contributed by atoms with van der Waals surface area (Å²) in [6, 6.07) is 9.99. The van der Waals surface area contributed by atoms with Gasteiger partial charge in [-0.3, -0.25) is 0 Å². The average Bonchev–Trinajstić information content (AvgIpc) is 2.20. The minimum Gasteiger partial charge on any atom is -0.138 e. The highest BCUT2D eigenvalue weighted by Crippen LogP contribution is 2.15. The molecular weight excluding hydrogens is 181 g/mol. The van der Waals surface area contributed by atoms with Crippen LogP contribution in [0.5, 0.6) is 0 Å². The lowest BCUT2D eigenvalue weighted by atomic mass is 10.1. The van der Waals surface area contributed by atoms with Crippen molar-refractivity contribution in [2.45, 2.75) is 0 Å². The first kappa shape index (κ1) is 8.27. The van der Waals surface area contributed by atoms with Gasteiger partial charge in [-0.15, -0.1) is 10.2 Å². The molecule has 64 valence electrons. The summed E-state index contributed by atoms with van der Waals surface area (Å²) >= 11 is 0. The molecule has 1 heterocycles. The molecule has 1 atom stereocenters.